The number of esters is 1. The summed E-state index contributed by atoms with van der Waals surface area (Å²) in [5.41, 5.74) is 6.84. The van der Waals surface area contributed by atoms with Gasteiger partial charge in [-0.15, -0.1) is 11.3 Å². The highest BCUT2D eigenvalue weighted by Gasteiger charge is 2.25. The van der Waals surface area contributed by atoms with Gasteiger partial charge in [-0.05, 0) is 62.0 Å². The highest BCUT2D eigenvalue weighted by molar-refractivity contribution is 7.21. The number of nitrogens with zero attached hydrogens (tertiary/aromatic N) is 3. The SMILES string of the molecule is Cc1ccc2nc(-c3ccc(NC(=O)COC(=O)c4c5c(nc6ccccc46)CCN(C)C5)cc3)sc2c1. The Hall–Kier alpha value is -4.14. The smallest absolute Gasteiger partial charge is 0.339 e. The Morgan fingerprint density at radius 1 is 1.03 bits per heavy atom. The number of rotatable bonds is 5. The van der Waals surface area contributed by atoms with Gasteiger partial charge in [0.1, 0.15) is 5.01 Å². The molecule has 7 nitrogen and oxygen atoms in total. The summed E-state index contributed by atoms with van der Waals surface area (Å²) in [6, 6.07) is 21.3. The van der Waals surface area contributed by atoms with Gasteiger partial charge in [0, 0.05) is 47.4 Å². The number of nitrogens with one attached hydrogen (secondary N) is 1. The first-order chi connectivity index (χ1) is 18.4. The van der Waals surface area contributed by atoms with E-state index in [1.807, 2.05) is 61.6 Å². The van der Waals surface area contributed by atoms with E-state index >= 15 is 0 Å². The largest absolute Gasteiger partial charge is 0.452 e. The second kappa shape index (κ2) is 9.96. The minimum absolute atomic E-state index is 0.376. The van der Waals surface area contributed by atoms with Crippen LogP contribution in [0, 0.1) is 6.92 Å². The standard InChI is InChI=1S/C30H26N4O3S/c1-18-7-12-25-26(15-18)38-29(33-25)19-8-10-20(11-9-19)31-27(35)17-37-30(36)28-21-5-3-4-6-23(21)32-24-13-14-34(2)16-22(24)28/h3-12,15H,13-14,16-17H2,1-2H3,(H,31,35). The lowest BCUT2D eigenvalue weighted by molar-refractivity contribution is -0.119. The zero-order chi connectivity index (χ0) is 26.2. The number of aryl methyl sites for hydroxylation is 1. The predicted octanol–water partition coefficient (Wildman–Crippen LogP) is 5.60. The highest BCUT2D eigenvalue weighted by atomic mass is 32.1. The van der Waals surface area contributed by atoms with Crippen molar-refractivity contribution in [1.82, 2.24) is 14.9 Å². The van der Waals surface area contributed by atoms with Crippen molar-refractivity contribution in [3.8, 4) is 10.6 Å². The van der Waals surface area contributed by atoms with E-state index in [0.29, 0.717) is 17.8 Å². The van der Waals surface area contributed by atoms with Crippen molar-refractivity contribution in [3.05, 3.63) is 89.1 Å². The van der Waals surface area contributed by atoms with Crippen molar-refractivity contribution in [3.63, 3.8) is 0 Å². The van der Waals surface area contributed by atoms with Crippen LogP contribution in [-0.2, 0) is 22.5 Å². The lowest BCUT2D eigenvalue weighted by Crippen LogP contribution is -2.30. The van der Waals surface area contributed by atoms with Crippen molar-refractivity contribution < 1.29 is 14.3 Å². The molecule has 0 spiro atoms. The Labute approximate surface area is 224 Å². The molecule has 6 rings (SSSR count). The van der Waals surface area contributed by atoms with Gasteiger partial charge in [0.15, 0.2) is 6.61 Å². The molecule has 0 aliphatic carbocycles. The van der Waals surface area contributed by atoms with Gasteiger partial charge in [-0.25, -0.2) is 9.78 Å². The second-order valence-corrected chi connectivity index (χ2v) is 10.6. The van der Waals surface area contributed by atoms with Gasteiger partial charge in [-0.1, -0.05) is 24.3 Å². The minimum Gasteiger partial charge on any atom is -0.452 e. The number of aromatic nitrogens is 2. The maximum atomic E-state index is 13.2. The number of carbonyl (C=O) groups excluding carboxylic acids is 2. The molecule has 38 heavy (non-hydrogen) atoms. The average Bonchev–Trinajstić information content (AvgIpc) is 3.34. The van der Waals surface area contributed by atoms with Crippen LogP contribution in [0.25, 0.3) is 31.7 Å². The maximum absolute atomic E-state index is 13.2. The number of hydrogen-bond acceptors (Lipinski definition) is 7. The number of para-hydroxylation sites is 1. The number of amides is 1. The number of fused-ring (bicyclic) bond motifs is 3. The molecular formula is C30H26N4O3S. The first-order valence-corrected chi connectivity index (χ1v) is 13.3. The lowest BCUT2D eigenvalue weighted by atomic mass is 9.96. The van der Waals surface area contributed by atoms with Crippen molar-refractivity contribution in [1.29, 1.82) is 0 Å². The lowest BCUT2D eigenvalue weighted by Gasteiger charge is -2.26. The molecule has 1 N–H and O–H groups in total. The van der Waals surface area contributed by atoms with E-state index in [1.54, 1.807) is 11.3 Å². The van der Waals surface area contributed by atoms with Gasteiger partial charge >= 0.3 is 5.97 Å². The average molecular weight is 523 g/mol. The van der Waals surface area contributed by atoms with E-state index in [1.165, 1.54) is 5.56 Å². The number of likely N-dealkylation sites (N-methyl/N-ethyl adjacent to an activating group) is 1. The summed E-state index contributed by atoms with van der Waals surface area (Å²) in [7, 11) is 2.02. The molecule has 8 heteroatoms. The Balaban J connectivity index is 1.14. The van der Waals surface area contributed by atoms with E-state index in [4.69, 9.17) is 14.7 Å². The van der Waals surface area contributed by atoms with Crippen LogP contribution in [0.1, 0.15) is 27.2 Å². The second-order valence-electron chi connectivity index (χ2n) is 9.61. The zero-order valence-corrected chi connectivity index (χ0v) is 22.0. The van der Waals surface area contributed by atoms with Gasteiger partial charge < -0.3 is 15.0 Å². The van der Waals surface area contributed by atoms with Gasteiger partial charge in [0.25, 0.3) is 5.91 Å². The number of hydrogen-bond donors (Lipinski definition) is 1. The zero-order valence-electron chi connectivity index (χ0n) is 21.2. The third-order valence-corrected chi connectivity index (χ3v) is 7.80. The molecule has 2 aromatic heterocycles. The van der Waals surface area contributed by atoms with Crippen LogP contribution < -0.4 is 5.32 Å². The van der Waals surface area contributed by atoms with Crippen LogP contribution in [0.15, 0.2) is 66.7 Å². The number of pyridine rings is 1. The molecule has 0 atom stereocenters. The van der Waals surface area contributed by atoms with E-state index in [0.717, 1.165) is 55.9 Å². The molecular weight excluding hydrogens is 496 g/mol. The summed E-state index contributed by atoms with van der Waals surface area (Å²) in [6.07, 6.45) is 0.768. The van der Waals surface area contributed by atoms with Gasteiger partial charge in [0.2, 0.25) is 0 Å². The first-order valence-electron chi connectivity index (χ1n) is 12.5. The van der Waals surface area contributed by atoms with Gasteiger partial charge in [-0.2, -0.15) is 0 Å². The molecule has 190 valence electrons. The summed E-state index contributed by atoms with van der Waals surface area (Å²) in [4.78, 5) is 37.5. The van der Waals surface area contributed by atoms with E-state index in [-0.39, 0.29) is 6.61 Å². The molecule has 1 aliphatic rings. The highest BCUT2D eigenvalue weighted by Crippen LogP contribution is 2.31. The molecule has 0 saturated carbocycles. The van der Waals surface area contributed by atoms with Crippen molar-refractivity contribution in [2.75, 3.05) is 25.5 Å². The molecule has 3 heterocycles. The molecule has 0 bridgehead atoms. The van der Waals surface area contributed by atoms with Gasteiger partial charge in [0.05, 0.1) is 21.3 Å². The van der Waals surface area contributed by atoms with Crippen molar-refractivity contribution in [2.24, 2.45) is 0 Å². The number of ether oxygens (including phenoxy) is 1. The van der Waals surface area contributed by atoms with E-state index < -0.39 is 11.9 Å². The third kappa shape index (κ3) is 4.76. The fraction of sp³-hybridized carbons (Fsp3) is 0.200. The topological polar surface area (TPSA) is 84.4 Å². The van der Waals surface area contributed by atoms with Crippen molar-refractivity contribution >= 4 is 50.0 Å². The molecule has 0 saturated heterocycles. The summed E-state index contributed by atoms with van der Waals surface area (Å²) >= 11 is 1.64. The molecule has 0 fully saturated rings. The van der Waals surface area contributed by atoms with Crippen LogP contribution in [0.3, 0.4) is 0 Å². The molecule has 1 amide bonds. The molecule has 0 radical (unpaired) electrons. The van der Waals surface area contributed by atoms with E-state index in [9.17, 15) is 9.59 Å². The molecule has 5 aromatic rings. The summed E-state index contributed by atoms with van der Waals surface area (Å²) in [6.45, 7) is 3.19. The van der Waals surface area contributed by atoms with Crippen LogP contribution in [-0.4, -0.2) is 46.9 Å². The molecule has 0 unspecified atom stereocenters. The van der Waals surface area contributed by atoms with Crippen LogP contribution >= 0.6 is 11.3 Å². The summed E-state index contributed by atoms with van der Waals surface area (Å²) in [5.74, 6) is -0.905. The summed E-state index contributed by atoms with van der Waals surface area (Å²) < 4.78 is 6.65. The number of carbonyl (C=O) groups is 2. The monoisotopic (exact) mass is 522 g/mol. The quantitative estimate of drug-likeness (QED) is 0.302. The molecule has 3 aromatic carbocycles. The first kappa shape index (κ1) is 24.2. The maximum Gasteiger partial charge on any atom is 0.339 e. The normalized spacial score (nSPS) is 13.4. The summed E-state index contributed by atoms with van der Waals surface area (Å²) in [5, 5.41) is 4.48. The number of anilines is 1. The Bertz CT molecular complexity index is 1690. The predicted molar refractivity (Wildman–Crippen MR) is 150 cm³/mol. The van der Waals surface area contributed by atoms with E-state index in [2.05, 4.69) is 29.3 Å². The number of thiazole rings is 1. The van der Waals surface area contributed by atoms with Crippen LogP contribution in [0.5, 0.6) is 0 Å². The fourth-order valence-electron chi connectivity index (χ4n) is 4.81. The van der Waals surface area contributed by atoms with Crippen LogP contribution in [0.4, 0.5) is 5.69 Å². The molecule has 1 aliphatic heterocycles. The van der Waals surface area contributed by atoms with Crippen LogP contribution in [0.2, 0.25) is 0 Å². The Morgan fingerprint density at radius 3 is 2.68 bits per heavy atom. The minimum atomic E-state index is -0.508. The Morgan fingerprint density at radius 2 is 1.84 bits per heavy atom. The van der Waals surface area contributed by atoms with Crippen molar-refractivity contribution in [2.45, 2.75) is 19.9 Å². The fourth-order valence-corrected chi connectivity index (χ4v) is 5.88. The van der Waals surface area contributed by atoms with Gasteiger partial charge in [-0.3, -0.25) is 9.78 Å². The third-order valence-electron chi connectivity index (χ3n) is 6.74. The number of benzene rings is 3. The Kier molecular flexibility index (Phi) is 6.35.